The SMILES string of the molecule is Cc1cc(CNC(=O)c2ncnn2C)cc(N)n1. The van der Waals surface area contributed by atoms with Crippen molar-refractivity contribution in [2.24, 2.45) is 7.05 Å². The molecule has 0 aliphatic carbocycles. The van der Waals surface area contributed by atoms with E-state index in [0.717, 1.165) is 11.3 Å². The highest BCUT2D eigenvalue weighted by atomic mass is 16.2. The fourth-order valence-electron chi connectivity index (χ4n) is 1.63. The second-order valence-electron chi connectivity index (χ2n) is 3.93. The minimum absolute atomic E-state index is 0.272. The topological polar surface area (TPSA) is 98.7 Å². The van der Waals surface area contributed by atoms with E-state index in [1.165, 1.54) is 11.0 Å². The van der Waals surface area contributed by atoms with Crippen LogP contribution in [-0.2, 0) is 13.6 Å². The van der Waals surface area contributed by atoms with Crippen LogP contribution < -0.4 is 11.1 Å². The Kier molecular flexibility index (Phi) is 3.22. The highest BCUT2D eigenvalue weighted by molar-refractivity contribution is 5.90. The van der Waals surface area contributed by atoms with Crippen molar-refractivity contribution in [3.05, 3.63) is 35.5 Å². The van der Waals surface area contributed by atoms with Gasteiger partial charge >= 0.3 is 0 Å². The van der Waals surface area contributed by atoms with E-state index in [2.05, 4.69) is 20.4 Å². The van der Waals surface area contributed by atoms with Gasteiger partial charge in [0.1, 0.15) is 12.1 Å². The number of rotatable bonds is 3. The summed E-state index contributed by atoms with van der Waals surface area (Å²) < 4.78 is 1.42. The maximum Gasteiger partial charge on any atom is 0.289 e. The maximum absolute atomic E-state index is 11.8. The van der Waals surface area contributed by atoms with Crippen molar-refractivity contribution in [3.63, 3.8) is 0 Å². The van der Waals surface area contributed by atoms with Crippen LogP contribution in [0.2, 0.25) is 0 Å². The molecule has 7 nitrogen and oxygen atoms in total. The molecule has 0 aromatic carbocycles. The number of nitrogens with zero attached hydrogens (tertiary/aromatic N) is 4. The van der Waals surface area contributed by atoms with Crippen LogP contribution in [0.5, 0.6) is 0 Å². The predicted octanol–water partition coefficient (Wildman–Crippen LogP) is 0.0307. The Balaban J connectivity index is 2.04. The number of nitrogen functional groups attached to an aromatic ring is 1. The van der Waals surface area contributed by atoms with Crippen molar-refractivity contribution < 1.29 is 4.79 Å². The number of aromatic nitrogens is 4. The first-order valence-electron chi connectivity index (χ1n) is 5.41. The molecular formula is C11H14N6O. The van der Waals surface area contributed by atoms with E-state index in [0.29, 0.717) is 12.4 Å². The Morgan fingerprint density at radius 1 is 1.50 bits per heavy atom. The number of nitrogens with one attached hydrogen (secondary N) is 1. The van der Waals surface area contributed by atoms with Crippen molar-refractivity contribution in [1.82, 2.24) is 25.1 Å². The molecule has 18 heavy (non-hydrogen) atoms. The summed E-state index contributed by atoms with van der Waals surface area (Å²) in [5.41, 5.74) is 7.35. The summed E-state index contributed by atoms with van der Waals surface area (Å²) in [5, 5.41) is 6.59. The van der Waals surface area contributed by atoms with E-state index < -0.39 is 0 Å². The van der Waals surface area contributed by atoms with Crippen molar-refractivity contribution >= 4 is 11.7 Å². The van der Waals surface area contributed by atoms with Gasteiger partial charge in [0.25, 0.3) is 5.91 Å². The smallest absolute Gasteiger partial charge is 0.289 e. The number of carbonyl (C=O) groups is 1. The highest BCUT2D eigenvalue weighted by Crippen LogP contribution is 2.06. The molecule has 2 rings (SSSR count). The molecule has 0 spiro atoms. The summed E-state index contributed by atoms with van der Waals surface area (Å²) in [7, 11) is 1.66. The maximum atomic E-state index is 11.8. The van der Waals surface area contributed by atoms with E-state index in [-0.39, 0.29) is 11.7 Å². The second-order valence-corrected chi connectivity index (χ2v) is 3.93. The summed E-state index contributed by atoms with van der Waals surface area (Å²) in [4.78, 5) is 19.7. The van der Waals surface area contributed by atoms with Gasteiger partial charge in [-0.1, -0.05) is 0 Å². The number of hydrogen-bond donors (Lipinski definition) is 2. The Morgan fingerprint density at radius 3 is 2.89 bits per heavy atom. The Bertz CT molecular complexity index is 556. The molecule has 2 aromatic rings. The average molecular weight is 246 g/mol. The van der Waals surface area contributed by atoms with Gasteiger partial charge in [-0.15, -0.1) is 0 Å². The summed E-state index contributed by atoms with van der Waals surface area (Å²) in [5.74, 6) is 0.440. The summed E-state index contributed by atoms with van der Waals surface area (Å²) >= 11 is 0. The standard InChI is InChI=1S/C11H14N6O/c1-7-3-8(4-9(12)16-7)5-13-11(18)10-14-6-15-17(10)2/h3-4,6H,5H2,1-2H3,(H2,12,16)(H,13,18). The molecule has 0 aliphatic heterocycles. The first-order chi connectivity index (χ1) is 8.56. The molecule has 3 N–H and O–H groups in total. The number of pyridine rings is 1. The molecule has 0 atom stereocenters. The number of amides is 1. The van der Waals surface area contributed by atoms with E-state index in [1.54, 1.807) is 13.1 Å². The number of aryl methyl sites for hydroxylation is 2. The third-order valence-electron chi connectivity index (χ3n) is 2.40. The van der Waals surface area contributed by atoms with E-state index in [9.17, 15) is 4.79 Å². The van der Waals surface area contributed by atoms with Crippen LogP contribution in [0.3, 0.4) is 0 Å². The lowest BCUT2D eigenvalue weighted by Crippen LogP contribution is -2.26. The number of hydrogen-bond acceptors (Lipinski definition) is 5. The summed E-state index contributed by atoms with van der Waals surface area (Å²) in [6.07, 6.45) is 1.34. The Labute approximate surface area is 104 Å². The van der Waals surface area contributed by atoms with Crippen molar-refractivity contribution in [2.75, 3.05) is 5.73 Å². The van der Waals surface area contributed by atoms with Crippen LogP contribution in [0.25, 0.3) is 0 Å². The number of nitrogens with two attached hydrogens (primary N) is 1. The van der Waals surface area contributed by atoms with Gasteiger partial charge in [0.2, 0.25) is 5.82 Å². The summed E-state index contributed by atoms with van der Waals surface area (Å²) in [6, 6.07) is 3.59. The van der Waals surface area contributed by atoms with Gasteiger partial charge in [-0.25, -0.2) is 14.6 Å². The van der Waals surface area contributed by atoms with E-state index in [1.807, 2.05) is 13.0 Å². The highest BCUT2D eigenvalue weighted by Gasteiger charge is 2.11. The lowest BCUT2D eigenvalue weighted by Gasteiger charge is -2.06. The van der Waals surface area contributed by atoms with E-state index in [4.69, 9.17) is 5.73 Å². The monoisotopic (exact) mass is 246 g/mol. The third kappa shape index (κ3) is 2.62. The minimum Gasteiger partial charge on any atom is -0.384 e. The lowest BCUT2D eigenvalue weighted by atomic mass is 10.2. The number of anilines is 1. The zero-order valence-corrected chi connectivity index (χ0v) is 10.2. The molecule has 2 heterocycles. The van der Waals surface area contributed by atoms with Crippen LogP contribution in [0.15, 0.2) is 18.5 Å². The van der Waals surface area contributed by atoms with Crippen molar-refractivity contribution in [2.45, 2.75) is 13.5 Å². The van der Waals surface area contributed by atoms with Gasteiger partial charge in [-0.3, -0.25) is 4.79 Å². The third-order valence-corrected chi connectivity index (χ3v) is 2.40. The first-order valence-corrected chi connectivity index (χ1v) is 5.41. The van der Waals surface area contributed by atoms with Crippen LogP contribution >= 0.6 is 0 Å². The molecular weight excluding hydrogens is 232 g/mol. The van der Waals surface area contributed by atoms with E-state index >= 15 is 0 Å². The van der Waals surface area contributed by atoms with Gasteiger partial charge in [0.05, 0.1) is 0 Å². The number of carbonyl (C=O) groups excluding carboxylic acids is 1. The quantitative estimate of drug-likeness (QED) is 0.796. The van der Waals surface area contributed by atoms with Gasteiger partial charge in [-0.05, 0) is 24.6 Å². The van der Waals surface area contributed by atoms with Gasteiger partial charge in [0, 0.05) is 19.3 Å². The lowest BCUT2D eigenvalue weighted by molar-refractivity contribution is 0.0936. The molecule has 1 amide bonds. The fourth-order valence-corrected chi connectivity index (χ4v) is 1.63. The average Bonchev–Trinajstić information content (AvgIpc) is 2.71. The van der Waals surface area contributed by atoms with Crippen LogP contribution in [0.4, 0.5) is 5.82 Å². The normalized spacial score (nSPS) is 10.3. The van der Waals surface area contributed by atoms with Crippen LogP contribution in [-0.4, -0.2) is 25.7 Å². The largest absolute Gasteiger partial charge is 0.384 e. The van der Waals surface area contributed by atoms with Gasteiger partial charge in [-0.2, -0.15) is 5.10 Å². The molecule has 7 heteroatoms. The predicted molar refractivity (Wildman–Crippen MR) is 65.6 cm³/mol. The second kappa shape index (κ2) is 4.82. The molecule has 2 aromatic heterocycles. The first kappa shape index (κ1) is 12.0. The van der Waals surface area contributed by atoms with Gasteiger partial charge in [0.15, 0.2) is 0 Å². The Morgan fingerprint density at radius 2 is 2.28 bits per heavy atom. The molecule has 0 saturated carbocycles. The molecule has 94 valence electrons. The molecule has 0 fully saturated rings. The molecule has 0 saturated heterocycles. The molecule has 0 aliphatic rings. The minimum atomic E-state index is -0.275. The van der Waals surface area contributed by atoms with Crippen molar-refractivity contribution in [3.8, 4) is 0 Å². The van der Waals surface area contributed by atoms with Crippen LogP contribution in [0.1, 0.15) is 21.9 Å². The van der Waals surface area contributed by atoms with Crippen LogP contribution in [0, 0.1) is 6.92 Å². The Hall–Kier alpha value is -2.44. The fraction of sp³-hybridized carbons (Fsp3) is 0.273. The van der Waals surface area contributed by atoms with Crippen molar-refractivity contribution in [1.29, 1.82) is 0 Å². The molecule has 0 radical (unpaired) electrons. The summed E-state index contributed by atoms with van der Waals surface area (Å²) in [6.45, 7) is 2.23. The molecule has 0 unspecified atom stereocenters. The zero-order valence-electron chi connectivity index (χ0n) is 10.2. The van der Waals surface area contributed by atoms with Gasteiger partial charge < -0.3 is 11.1 Å². The zero-order chi connectivity index (χ0) is 13.1. The molecule has 0 bridgehead atoms.